The van der Waals surface area contributed by atoms with Crippen LogP contribution in [0.2, 0.25) is 0 Å². The molecule has 1 saturated carbocycles. The molecule has 0 spiro atoms. The zero-order valence-corrected chi connectivity index (χ0v) is 16.4. The van der Waals surface area contributed by atoms with Crippen molar-refractivity contribution in [2.24, 2.45) is 5.92 Å². The molecule has 1 N–H and O–H groups in total. The van der Waals surface area contributed by atoms with Gasteiger partial charge in [-0.1, -0.05) is 18.2 Å². The van der Waals surface area contributed by atoms with Gasteiger partial charge >= 0.3 is 0 Å². The van der Waals surface area contributed by atoms with Crippen LogP contribution in [0.5, 0.6) is 0 Å². The molecule has 148 valence electrons. The van der Waals surface area contributed by atoms with Crippen LogP contribution in [-0.4, -0.2) is 30.8 Å². The van der Waals surface area contributed by atoms with Gasteiger partial charge in [0.25, 0.3) is 10.0 Å². The first-order valence-electron chi connectivity index (χ1n) is 9.39. The van der Waals surface area contributed by atoms with Gasteiger partial charge in [-0.05, 0) is 49.1 Å². The molecule has 1 aromatic carbocycles. The third-order valence-electron chi connectivity index (χ3n) is 5.24. The minimum atomic E-state index is -3.82. The number of hydrogen-bond acceptors (Lipinski definition) is 4. The van der Waals surface area contributed by atoms with Crippen molar-refractivity contribution in [3.8, 4) is 0 Å². The number of fused-ring (bicyclic) bond motifs is 1. The van der Waals surface area contributed by atoms with Crippen LogP contribution in [0.1, 0.15) is 42.6 Å². The molecule has 2 aliphatic rings. The van der Waals surface area contributed by atoms with Crippen LogP contribution in [0.4, 0.5) is 4.39 Å². The van der Waals surface area contributed by atoms with Crippen molar-refractivity contribution in [3.63, 3.8) is 0 Å². The molecule has 0 bridgehead atoms. The minimum Gasteiger partial charge on any atom is -0.338 e. The number of pyridine rings is 1. The largest absolute Gasteiger partial charge is 0.338 e. The molecule has 28 heavy (non-hydrogen) atoms. The molecule has 0 radical (unpaired) electrons. The van der Waals surface area contributed by atoms with E-state index in [1.54, 1.807) is 25.1 Å². The lowest BCUT2D eigenvalue weighted by molar-refractivity contribution is -0.133. The highest BCUT2D eigenvalue weighted by Gasteiger charge is 2.35. The van der Waals surface area contributed by atoms with E-state index in [1.807, 2.05) is 4.90 Å². The maximum Gasteiger partial charge on any atom is 0.258 e. The number of sulfonamides is 1. The first-order valence-corrected chi connectivity index (χ1v) is 10.9. The van der Waals surface area contributed by atoms with Crippen molar-refractivity contribution >= 4 is 15.9 Å². The van der Waals surface area contributed by atoms with Crippen molar-refractivity contribution in [2.75, 3.05) is 6.54 Å². The Morgan fingerprint density at radius 1 is 1.21 bits per heavy atom. The van der Waals surface area contributed by atoms with Gasteiger partial charge in [-0.3, -0.25) is 4.79 Å². The number of nitrogens with one attached hydrogen (secondary N) is 1. The van der Waals surface area contributed by atoms with E-state index in [0.29, 0.717) is 25.1 Å². The molecule has 1 amide bonds. The smallest absolute Gasteiger partial charge is 0.258 e. The summed E-state index contributed by atoms with van der Waals surface area (Å²) >= 11 is 0. The summed E-state index contributed by atoms with van der Waals surface area (Å²) in [4.78, 5) is 18.4. The van der Waals surface area contributed by atoms with Gasteiger partial charge in [-0.25, -0.2) is 22.5 Å². The third kappa shape index (κ3) is 3.93. The highest BCUT2D eigenvalue weighted by atomic mass is 32.2. The SMILES string of the molecule is C[C@H](NS(=O)(=O)c1ccc2c(n1)CCN(C(=O)C1CC1)C2)c1ccc(F)cc1. The summed E-state index contributed by atoms with van der Waals surface area (Å²) in [5.74, 6) is -0.00665. The van der Waals surface area contributed by atoms with Crippen LogP contribution in [0, 0.1) is 11.7 Å². The third-order valence-corrected chi connectivity index (χ3v) is 6.68. The van der Waals surface area contributed by atoms with Gasteiger partial charge in [0.15, 0.2) is 5.03 Å². The van der Waals surface area contributed by atoms with E-state index in [9.17, 15) is 17.6 Å². The molecular weight excluding hydrogens is 381 g/mol. The van der Waals surface area contributed by atoms with Crippen molar-refractivity contribution in [2.45, 2.75) is 43.8 Å². The van der Waals surface area contributed by atoms with Gasteiger partial charge in [0, 0.05) is 37.2 Å². The van der Waals surface area contributed by atoms with Gasteiger partial charge in [0.2, 0.25) is 5.91 Å². The molecule has 1 aliphatic heterocycles. The van der Waals surface area contributed by atoms with Crippen LogP contribution < -0.4 is 4.72 Å². The standard InChI is InChI=1S/C20H22FN3O3S/c1-13(14-4-7-17(21)8-5-14)23-28(26,27)19-9-6-16-12-24(11-10-18(16)22-19)20(25)15-2-3-15/h4-9,13,15,23H,2-3,10-12H2,1H3/t13-/m0/s1. The molecule has 1 fully saturated rings. The zero-order chi connectivity index (χ0) is 19.9. The summed E-state index contributed by atoms with van der Waals surface area (Å²) in [5.41, 5.74) is 2.28. The molecule has 4 rings (SSSR count). The molecule has 1 aromatic heterocycles. The number of amides is 1. The normalized spacial score (nSPS) is 17.9. The van der Waals surface area contributed by atoms with Crippen molar-refractivity contribution in [1.29, 1.82) is 0 Å². The lowest BCUT2D eigenvalue weighted by atomic mass is 10.1. The van der Waals surface area contributed by atoms with Gasteiger partial charge < -0.3 is 4.90 Å². The summed E-state index contributed by atoms with van der Waals surface area (Å²) in [6.07, 6.45) is 2.48. The van der Waals surface area contributed by atoms with E-state index in [1.165, 1.54) is 18.2 Å². The van der Waals surface area contributed by atoms with E-state index >= 15 is 0 Å². The Hall–Kier alpha value is -2.32. The number of carbonyl (C=O) groups excluding carboxylic acids is 1. The topological polar surface area (TPSA) is 79.4 Å². The fourth-order valence-electron chi connectivity index (χ4n) is 3.43. The lowest BCUT2D eigenvalue weighted by Crippen LogP contribution is -2.37. The summed E-state index contributed by atoms with van der Waals surface area (Å²) in [7, 11) is -3.82. The van der Waals surface area contributed by atoms with Crippen LogP contribution in [0.15, 0.2) is 41.4 Å². The van der Waals surface area contributed by atoms with Crippen molar-refractivity contribution in [1.82, 2.24) is 14.6 Å². The number of aromatic nitrogens is 1. The molecule has 1 atom stereocenters. The number of rotatable bonds is 5. The molecule has 8 heteroatoms. The van der Waals surface area contributed by atoms with Crippen LogP contribution >= 0.6 is 0 Å². The maximum atomic E-state index is 13.1. The Bertz CT molecular complexity index is 1000. The van der Waals surface area contributed by atoms with Gasteiger partial charge in [-0.15, -0.1) is 0 Å². The Balaban J connectivity index is 1.49. The predicted molar refractivity (Wildman–Crippen MR) is 101 cm³/mol. The van der Waals surface area contributed by atoms with E-state index in [-0.39, 0.29) is 22.7 Å². The summed E-state index contributed by atoms with van der Waals surface area (Å²) < 4.78 is 41.1. The molecular formula is C20H22FN3O3S. The summed E-state index contributed by atoms with van der Waals surface area (Å²) in [5, 5.41) is -0.0396. The fraction of sp³-hybridized carbons (Fsp3) is 0.400. The van der Waals surface area contributed by atoms with Gasteiger partial charge in [0.05, 0.1) is 0 Å². The Labute approximate surface area is 163 Å². The van der Waals surface area contributed by atoms with Crippen LogP contribution in [0.3, 0.4) is 0 Å². The highest BCUT2D eigenvalue weighted by Crippen LogP contribution is 2.32. The minimum absolute atomic E-state index is 0.0396. The van der Waals surface area contributed by atoms with Crippen molar-refractivity contribution < 1.29 is 17.6 Å². The second kappa shape index (κ2) is 7.25. The Kier molecular flexibility index (Phi) is 4.93. The monoisotopic (exact) mass is 403 g/mol. The van der Waals surface area contributed by atoms with E-state index in [2.05, 4.69) is 9.71 Å². The highest BCUT2D eigenvalue weighted by molar-refractivity contribution is 7.89. The maximum absolute atomic E-state index is 13.1. The zero-order valence-electron chi connectivity index (χ0n) is 15.6. The van der Waals surface area contributed by atoms with E-state index in [4.69, 9.17) is 0 Å². The first-order chi connectivity index (χ1) is 13.3. The Morgan fingerprint density at radius 2 is 1.93 bits per heavy atom. The second-order valence-electron chi connectivity index (χ2n) is 7.43. The van der Waals surface area contributed by atoms with Gasteiger partial charge in [-0.2, -0.15) is 0 Å². The Morgan fingerprint density at radius 3 is 2.61 bits per heavy atom. The number of nitrogens with zero attached hydrogens (tertiary/aromatic N) is 2. The summed E-state index contributed by atoms with van der Waals surface area (Å²) in [6.45, 7) is 2.75. The van der Waals surface area contributed by atoms with Crippen LogP contribution in [0.25, 0.3) is 0 Å². The number of benzene rings is 1. The first kappa shape index (κ1) is 19.0. The lowest BCUT2D eigenvalue weighted by Gasteiger charge is -2.28. The molecule has 0 unspecified atom stereocenters. The number of hydrogen-bond donors (Lipinski definition) is 1. The van der Waals surface area contributed by atoms with Gasteiger partial charge in [0.1, 0.15) is 5.82 Å². The second-order valence-corrected chi connectivity index (χ2v) is 9.09. The molecule has 2 heterocycles. The predicted octanol–water partition coefficient (Wildman–Crippen LogP) is 2.55. The molecule has 2 aromatic rings. The van der Waals surface area contributed by atoms with E-state index in [0.717, 1.165) is 24.1 Å². The fourth-order valence-corrected chi connectivity index (χ4v) is 4.63. The van der Waals surface area contributed by atoms with Crippen LogP contribution in [-0.2, 0) is 27.8 Å². The van der Waals surface area contributed by atoms with Crippen molar-refractivity contribution in [3.05, 3.63) is 59.0 Å². The quantitative estimate of drug-likeness (QED) is 0.832. The van der Waals surface area contributed by atoms with E-state index < -0.39 is 16.1 Å². The summed E-state index contributed by atoms with van der Waals surface area (Å²) in [6, 6.07) is 8.39. The molecule has 0 saturated heterocycles. The number of carbonyl (C=O) groups is 1. The molecule has 1 aliphatic carbocycles. The molecule has 6 nitrogen and oxygen atoms in total. The number of halogens is 1. The average Bonchev–Trinajstić information content (AvgIpc) is 3.52. The average molecular weight is 403 g/mol.